The van der Waals surface area contributed by atoms with Gasteiger partial charge in [0.15, 0.2) is 0 Å². The third kappa shape index (κ3) is 15.0. The van der Waals surface area contributed by atoms with Gasteiger partial charge in [0.1, 0.15) is 12.4 Å². The Morgan fingerprint density at radius 1 is 0.667 bits per heavy atom. The number of unbranched alkanes of at least 4 members (excludes halogenated alkanes) is 14. The van der Waals surface area contributed by atoms with Crippen molar-refractivity contribution in [3.05, 3.63) is 65.7 Å². The predicted octanol–water partition coefficient (Wildman–Crippen LogP) is 9.03. The van der Waals surface area contributed by atoms with E-state index in [9.17, 15) is 4.79 Å². The first-order valence-corrected chi connectivity index (χ1v) is 14.8. The molecule has 0 aromatic heterocycles. The molecule has 2 rings (SSSR count). The van der Waals surface area contributed by atoms with Crippen molar-refractivity contribution in [2.75, 3.05) is 13.2 Å². The Morgan fingerprint density at radius 3 is 1.81 bits per heavy atom. The lowest BCUT2D eigenvalue weighted by Gasteiger charge is -2.12. The molecular weight excluding hydrogens is 442 g/mol. The minimum Gasteiger partial charge on any atom is -0.491 e. The van der Waals surface area contributed by atoms with Crippen LogP contribution >= 0.6 is 0 Å². The topological polar surface area (TPSA) is 38.3 Å². The summed E-state index contributed by atoms with van der Waals surface area (Å²) in [6, 6.07) is 18.6. The Labute approximate surface area is 221 Å². The van der Waals surface area contributed by atoms with Crippen molar-refractivity contribution in [1.82, 2.24) is 5.32 Å². The van der Waals surface area contributed by atoms with Gasteiger partial charge in [-0.3, -0.25) is 4.79 Å². The van der Waals surface area contributed by atoms with Crippen molar-refractivity contribution in [1.29, 1.82) is 0 Å². The summed E-state index contributed by atoms with van der Waals surface area (Å²) in [7, 11) is 0. The zero-order valence-electron chi connectivity index (χ0n) is 22.9. The van der Waals surface area contributed by atoms with Gasteiger partial charge in [-0.15, -0.1) is 0 Å². The SMILES string of the molecule is CCCCCCCCCCCCCCCCCC(=O)NCCOc1ccccc1Cc1ccccc1. The molecule has 0 saturated carbocycles. The van der Waals surface area contributed by atoms with Gasteiger partial charge in [0.25, 0.3) is 0 Å². The summed E-state index contributed by atoms with van der Waals surface area (Å²) in [6.07, 6.45) is 21.6. The second-order valence-corrected chi connectivity index (χ2v) is 10.2. The molecule has 0 spiro atoms. The monoisotopic (exact) mass is 493 g/mol. The Kier molecular flexibility index (Phi) is 17.3. The molecule has 0 heterocycles. The van der Waals surface area contributed by atoms with Crippen LogP contribution in [-0.4, -0.2) is 19.1 Å². The number of para-hydroxylation sites is 1. The summed E-state index contributed by atoms with van der Waals surface area (Å²) in [4.78, 5) is 12.1. The number of benzene rings is 2. The highest BCUT2D eigenvalue weighted by Gasteiger charge is 2.05. The number of carbonyl (C=O) groups is 1. The molecule has 0 aliphatic rings. The fourth-order valence-electron chi connectivity index (χ4n) is 4.70. The smallest absolute Gasteiger partial charge is 0.220 e. The van der Waals surface area contributed by atoms with E-state index in [0.29, 0.717) is 19.6 Å². The van der Waals surface area contributed by atoms with E-state index in [-0.39, 0.29) is 5.91 Å². The van der Waals surface area contributed by atoms with E-state index in [1.807, 2.05) is 24.3 Å². The molecule has 3 nitrogen and oxygen atoms in total. The Bertz CT molecular complexity index is 789. The van der Waals surface area contributed by atoms with Crippen LogP contribution in [-0.2, 0) is 11.2 Å². The molecule has 0 aliphatic heterocycles. The molecule has 1 amide bonds. The summed E-state index contributed by atoms with van der Waals surface area (Å²) in [6.45, 7) is 3.33. The molecule has 1 N–H and O–H groups in total. The van der Waals surface area contributed by atoms with E-state index in [0.717, 1.165) is 25.0 Å². The maximum Gasteiger partial charge on any atom is 0.220 e. The number of amides is 1. The van der Waals surface area contributed by atoms with Crippen LogP contribution in [0.2, 0.25) is 0 Å². The Morgan fingerprint density at radius 2 is 1.19 bits per heavy atom. The van der Waals surface area contributed by atoms with Crippen molar-refractivity contribution in [2.45, 2.75) is 116 Å². The van der Waals surface area contributed by atoms with Crippen molar-refractivity contribution in [2.24, 2.45) is 0 Å². The summed E-state index contributed by atoms with van der Waals surface area (Å²) in [5.74, 6) is 1.05. The minimum atomic E-state index is 0.144. The van der Waals surface area contributed by atoms with Crippen LogP contribution in [0.1, 0.15) is 121 Å². The number of hydrogen-bond acceptors (Lipinski definition) is 2. The normalized spacial score (nSPS) is 10.9. The highest BCUT2D eigenvalue weighted by atomic mass is 16.5. The average Bonchev–Trinajstić information content (AvgIpc) is 2.90. The third-order valence-electron chi connectivity index (χ3n) is 6.90. The zero-order valence-corrected chi connectivity index (χ0v) is 22.9. The van der Waals surface area contributed by atoms with Crippen LogP contribution < -0.4 is 10.1 Å². The second kappa shape index (κ2) is 20.9. The van der Waals surface area contributed by atoms with E-state index in [1.165, 1.54) is 94.6 Å². The lowest BCUT2D eigenvalue weighted by molar-refractivity contribution is -0.121. The summed E-state index contributed by atoms with van der Waals surface area (Å²) < 4.78 is 5.98. The number of hydrogen-bond donors (Lipinski definition) is 1. The lowest BCUT2D eigenvalue weighted by Crippen LogP contribution is -2.27. The van der Waals surface area contributed by atoms with Gasteiger partial charge in [-0.2, -0.15) is 0 Å². The summed E-state index contributed by atoms with van der Waals surface area (Å²) >= 11 is 0. The van der Waals surface area contributed by atoms with Crippen molar-refractivity contribution in [3.8, 4) is 5.75 Å². The van der Waals surface area contributed by atoms with Crippen molar-refractivity contribution < 1.29 is 9.53 Å². The van der Waals surface area contributed by atoms with Crippen molar-refractivity contribution >= 4 is 5.91 Å². The summed E-state index contributed by atoms with van der Waals surface area (Å²) in [5, 5.41) is 3.01. The average molecular weight is 494 g/mol. The van der Waals surface area contributed by atoms with Crippen LogP contribution in [0.5, 0.6) is 5.75 Å². The van der Waals surface area contributed by atoms with Gasteiger partial charge in [0.2, 0.25) is 5.91 Å². The van der Waals surface area contributed by atoms with Gasteiger partial charge in [-0.1, -0.05) is 145 Å². The van der Waals surface area contributed by atoms with Crippen LogP contribution in [0.3, 0.4) is 0 Å². The largest absolute Gasteiger partial charge is 0.491 e. The molecule has 0 radical (unpaired) electrons. The minimum absolute atomic E-state index is 0.144. The molecule has 36 heavy (non-hydrogen) atoms. The molecular formula is C33H51NO2. The first kappa shape index (κ1) is 29.9. The van der Waals surface area contributed by atoms with Gasteiger partial charge >= 0.3 is 0 Å². The molecule has 3 heteroatoms. The second-order valence-electron chi connectivity index (χ2n) is 10.2. The fraction of sp³-hybridized carbons (Fsp3) is 0.606. The maximum atomic E-state index is 12.1. The van der Waals surface area contributed by atoms with E-state index < -0.39 is 0 Å². The lowest BCUT2D eigenvalue weighted by atomic mass is 10.0. The first-order valence-electron chi connectivity index (χ1n) is 14.8. The molecule has 0 atom stereocenters. The number of rotatable bonds is 22. The third-order valence-corrected chi connectivity index (χ3v) is 6.90. The molecule has 200 valence electrons. The maximum absolute atomic E-state index is 12.1. The van der Waals surface area contributed by atoms with Gasteiger partial charge in [-0.05, 0) is 23.6 Å². The fourth-order valence-corrected chi connectivity index (χ4v) is 4.70. The molecule has 0 saturated heterocycles. The Hall–Kier alpha value is -2.29. The first-order chi connectivity index (χ1) is 17.8. The zero-order chi connectivity index (χ0) is 25.5. The predicted molar refractivity (Wildman–Crippen MR) is 154 cm³/mol. The highest BCUT2D eigenvalue weighted by molar-refractivity contribution is 5.75. The molecule has 0 aliphatic carbocycles. The Balaban J connectivity index is 1.40. The van der Waals surface area contributed by atoms with E-state index in [1.54, 1.807) is 0 Å². The molecule has 0 unspecified atom stereocenters. The molecule has 0 fully saturated rings. The summed E-state index contributed by atoms with van der Waals surface area (Å²) in [5.41, 5.74) is 2.44. The number of ether oxygens (including phenoxy) is 1. The molecule has 0 bridgehead atoms. The van der Waals surface area contributed by atoms with Crippen LogP contribution in [0.4, 0.5) is 0 Å². The van der Waals surface area contributed by atoms with E-state index >= 15 is 0 Å². The molecule has 2 aromatic carbocycles. The van der Waals surface area contributed by atoms with Crippen LogP contribution in [0.15, 0.2) is 54.6 Å². The van der Waals surface area contributed by atoms with Gasteiger partial charge < -0.3 is 10.1 Å². The van der Waals surface area contributed by atoms with Gasteiger partial charge in [0, 0.05) is 12.8 Å². The van der Waals surface area contributed by atoms with Gasteiger partial charge in [-0.25, -0.2) is 0 Å². The molecule has 2 aromatic rings. The standard InChI is InChI=1S/C33H51NO2/c1-2-3-4-5-6-7-8-9-10-11-12-13-14-15-19-26-33(35)34-27-28-36-32-25-21-20-24-31(32)29-30-22-17-16-18-23-30/h16-18,20-25H,2-15,19,26-29H2,1H3,(H,34,35). The van der Waals surface area contributed by atoms with Gasteiger partial charge in [0.05, 0.1) is 6.54 Å². The van der Waals surface area contributed by atoms with Crippen molar-refractivity contribution in [3.63, 3.8) is 0 Å². The van der Waals surface area contributed by atoms with Crippen LogP contribution in [0, 0.1) is 0 Å². The van der Waals surface area contributed by atoms with E-state index in [4.69, 9.17) is 4.74 Å². The quantitative estimate of drug-likeness (QED) is 0.166. The number of carbonyl (C=O) groups excluding carboxylic acids is 1. The number of nitrogens with one attached hydrogen (secondary N) is 1. The van der Waals surface area contributed by atoms with Crippen LogP contribution in [0.25, 0.3) is 0 Å². The highest BCUT2D eigenvalue weighted by Crippen LogP contribution is 2.21. The van der Waals surface area contributed by atoms with E-state index in [2.05, 4.69) is 42.6 Å².